The Kier molecular flexibility index (Phi) is 16.7. The van der Waals surface area contributed by atoms with Gasteiger partial charge in [-0.2, -0.15) is 0 Å². The van der Waals surface area contributed by atoms with Crippen LogP contribution in [0.5, 0.6) is 0 Å². The highest BCUT2D eigenvalue weighted by Crippen LogP contribution is 2.36. The van der Waals surface area contributed by atoms with Gasteiger partial charge in [0.05, 0.1) is 19.8 Å². The fraction of sp³-hybridized carbons (Fsp3) is 0.432. The molecule has 1 heterocycles. The normalized spacial score (nSPS) is 25.2. The van der Waals surface area contributed by atoms with E-state index in [9.17, 15) is 24.0 Å². The molecule has 1 saturated heterocycles. The first-order valence-electron chi connectivity index (χ1n) is 19.3. The van der Waals surface area contributed by atoms with Crippen LogP contribution in [0, 0.1) is 0 Å². The van der Waals surface area contributed by atoms with Crippen molar-refractivity contribution in [3.63, 3.8) is 0 Å². The lowest BCUT2D eigenvalue weighted by Crippen LogP contribution is -2.64. The summed E-state index contributed by atoms with van der Waals surface area (Å²) in [6, 6.07) is 28.5. The molecule has 1 aliphatic heterocycles. The van der Waals surface area contributed by atoms with Gasteiger partial charge in [-0.3, -0.25) is 24.0 Å². The van der Waals surface area contributed by atoms with Crippen LogP contribution in [0.15, 0.2) is 103 Å². The van der Waals surface area contributed by atoms with E-state index in [1.165, 1.54) is 13.8 Å². The predicted molar refractivity (Wildman–Crippen MR) is 209 cm³/mol. The van der Waals surface area contributed by atoms with Gasteiger partial charge < -0.3 is 47.9 Å². The van der Waals surface area contributed by atoms with Gasteiger partial charge in [0.25, 0.3) is 0 Å². The molecule has 1 aliphatic carbocycles. The van der Waals surface area contributed by atoms with Crippen molar-refractivity contribution in [2.75, 3.05) is 13.2 Å². The molecule has 9 atom stereocenters. The topological polar surface area (TPSA) is 180 Å². The van der Waals surface area contributed by atoms with Gasteiger partial charge in [-0.1, -0.05) is 91.0 Å². The number of hydrogen-bond donors (Lipinski definition) is 1. The van der Waals surface area contributed by atoms with Gasteiger partial charge in [-0.15, -0.1) is 0 Å². The standard InChI is InChI=1S/C44H51NO14/c1-27(46)45-22-35-21-36(58-44-43(57-31(5)50)42(56-30(4)49)40(55-29(3)48)37(59-44)26-51-28(2)47)39(53-24-33-17-11-7-12-18-33)41(54-25-34-19-13-8-14-20-34)38(35)52-23-32-15-9-6-10-16-32/h6-21,36-44H,22-26H2,1-5H3,(H,45,46)/t36-,37-,38-,39+,40-,41+,42+,43-,44-/m1/s1. The second-order valence-electron chi connectivity index (χ2n) is 14.1. The minimum absolute atomic E-state index is 0.0316. The highest BCUT2D eigenvalue weighted by atomic mass is 16.7. The number of amides is 1. The third-order valence-corrected chi connectivity index (χ3v) is 9.31. The van der Waals surface area contributed by atoms with Crippen LogP contribution in [0.2, 0.25) is 0 Å². The third kappa shape index (κ3) is 13.5. The smallest absolute Gasteiger partial charge is 0.303 e. The maximum Gasteiger partial charge on any atom is 0.303 e. The summed E-state index contributed by atoms with van der Waals surface area (Å²) in [7, 11) is 0. The average Bonchev–Trinajstić information content (AvgIpc) is 3.20. The molecule has 59 heavy (non-hydrogen) atoms. The van der Waals surface area contributed by atoms with E-state index >= 15 is 0 Å². The highest BCUT2D eigenvalue weighted by molar-refractivity contribution is 5.73. The minimum atomic E-state index is -1.54. The fourth-order valence-corrected chi connectivity index (χ4v) is 6.79. The van der Waals surface area contributed by atoms with Gasteiger partial charge in [0, 0.05) is 41.2 Å². The lowest BCUT2D eigenvalue weighted by molar-refractivity contribution is -0.323. The molecule has 0 radical (unpaired) electrons. The zero-order valence-electron chi connectivity index (χ0n) is 33.7. The van der Waals surface area contributed by atoms with Crippen molar-refractivity contribution < 1.29 is 66.6 Å². The van der Waals surface area contributed by atoms with Crippen molar-refractivity contribution in [1.82, 2.24) is 5.32 Å². The van der Waals surface area contributed by atoms with Crippen LogP contribution in [0.1, 0.15) is 51.3 Å². The molecule has 0 saturated carbocycles. The summed E-state index contributed by atoms with van der Waals surface area (Å²) in [5, 5.41) is 2.86. The molecule has 2 aliphatic rings. The maximum absolute atomic E-state index is 12.7. The number of hydrogen-bond acceptors (Lipinski definition) is 14. The summed E-state index contributed by atoms with van der Waals surface area (Å²) in [6.45, 7) is 6.02. The molecule has 3 aromatic carbocycles. The van der Waals surface area contributed by atoms with E-state index < -0.39 is 85.6 Å². The quantitative estimate of drug-likeness (QED) is 0.109. The highest BCUT2D eigenvalue weighted by Gasteiger charge is 2.54. The van der Waals surface area contributed by atoms with Crippen LogP contribution in [0.3, 0.4) is 0 Å². The number of carbonyl (C=O) groups is 5. The van der Waals surface area contributed by atoms with Gasteiger partial charge in [-0.05, 0) is 28.3 Å². The van der Waals surface area contributed by atoms with Crippen molar-refractivity contribution in [1.29, 1.82) is 0 Å². The molecule has 0 bridgehead atoms. The van der Waals surface area contributed by atoms with Crippen LogP contribution >= 0.6 is 0 Å². The van der Waals surface area contributed by atoms with Crippen molar-refractivity contribution in [3.8, 4) is 0 Å². The predicted octanol–water partition coefficient (Wildman–Crippen LogP) is 4.29. The van der Waals surface area contributed by atoms with Crippen molar-refractivity contribution >= 4 is 29.8 Å². The lowest BCUT2D eigenvalue weighted by atomic mass is 9.88. The summed E-state index contributed by atoms with van der Waals surface area (Å²) in [5.74, 6) is -3.30. The molecule has 5 rings (SSSR count). The first-order valence-corrected chi connectivity index (χ1v) is 19.3. The number of rotatable bonds is 18. The van der Waals surface area contributed by atoms with E-state index in [1.54, 1.807) is 6.08 Å². The second-order valence-corrected chi connectivity index (χ2v) is 14.1. The Hall–Kier alpha value is -5.45. The lowest BCUT2D eigenvalue weighted by Gasteiger charge is -2.47. The first kappa shape index (κ1) is 44.6. The summed E-state index contributed by atoms with van der Waals surface area (Å²) < 4.78 is 55.4. The van der Waals surface area contributed by atoms with Crippen LogP contribution < -0.4 is 5.32 Å². The Morgan fingerprint density at radius 3 is 1.53 bits per heavy atom. The molecule has 0 unspecified atom stereocenters. The van der Waals surface area contributed by atoms with Crippen molar-refractivity contribution in [2.45, 2.75) is 110 Å². The summed E-state index contributed by atoms with van der Waals surface area (Å²) in [5.41, 5.74) is 3.18. The largest absolute Gasteiger partial charge is 0.463 e. The van der Waals surface area contributed by atoms with Crippen LogP contribution in [0.25, 0.3) is 0 Å². The minimum Gasteiger partial charge on any atom is -0.463 e. The fourth-order valence-electron chi connectivity index (χ4n) is 6.79. The number of carbonyl (C=O) groups excluding carboxylic acids is 5. The van der Waals surface area contributed by atoms with Gasteiger partial charge in [-0.25, -0.2) is 0 Å². The molecule has 316 valence electrons. The summed E-state index contributed by atoms with van der Waals surface area (Å²) in [4.78, 5) is 61.9. The van der Waals surface area contributed by atoms with E-state index in [1.807, 2.05) is 91.0 Å². The Morgan fingerprint density at radius 1 is 0.559 bits per heavy atom. The molecule has 15 heteroatoms. The van der Waals surface area contributed by atoms with E-state index in [2.05, 4.69) is 5.32 Å². The second kappa shape index (κ2) is 22.1. The number of esters is 4. The monoisotopic (exact) mass is 817 g/mol. The molecule has 1 amide bonds. The van der Waals surface area contributed by atoms with E-state index in [4.69, 9.17) is 42.6 Å². The summed E-state index contributed by atoms with van der Waals surface area (Å²) in [6.07, 6.45) is -9.17. The first-order chi connectivity index (χ1) is 28.4. The molecular weight excluding hydrogens is 766 g/mol. The Bertz CT molecular complexity index is 1870. The molecule has 1 fully saturated rings. The molecular formula is C44H51NO14. The summed E-state index contributed by atoms with van der Waals surface area (Å²) >= 11 is 0. The van der Waals surface area contributed by atoms with E-state index in [0.717, 1.165) is 37.5 Å². The molecule has 3 aromatic rings. The van der Waals surface area contributed by atoms with Gasteiger partial charge >= 0.3 is 23.9 Å². The number of nitrogens with one attached hydrogen (secondary N) is 1. The zero-order valence-corrected chi connectivity index (χ0v) is 33.7. The number of benzene rings is 3. The third-order valence-electron chi connectivity index (χ3n) is 9.31. The molecule has 0 spiro atoms. The van der Waals surface area contributed by atoms with E-state index in [0.29, 0.717) is 5.57 Å². The maximum atomic E-state index is 12.7. The number of ether oxygens (including phenoxy) is 9. The zero-order chi connectivity index (χ0) is 42.3. The van der Waals surface area contributed by atoms with Crippen LogP contribution in [0.4, 0.5) is 0 Å². The molecule has 1 N–H and O–H groups in total. The SMILES string of the molecule is CC(=O)NCC1=C[C@@H](O[C@@H]2O[C@H](COC(C)=O)[C@@H](OC(C)=O)[C@H](OC(C)=O)[C@H]2OC(C)=O)[C@H](OCc2ccccc2)[C@@H](OCc2ccccc2)[C@@H]1OCc1ccccc1. The van der Waals surface area contributed by atoms with Gasteiger partial charge in [0.2, 0.25) is 5.91 Å². The molecule has 15 nitrogen and oxygen atoms in total. The Labute approximate surface area is 343 Å². The van der Waals surface area contributed by atoms with E-state index in [-0.39, 0.29) is 32.3 Å². The average molecular weight is 818 g/mol. The Balaban J connectivity index is 1.62. The van der Waals surface area contributed by atoms with Gasteiger partial charge in [0.15, 0.2) is 24.6 Å². The van der Waals surface area contributed by atoms with Gasteiger partial charge in [0.1, 0.15) is 37.1 Å². The van der Waals surface area contributed by atoms with Crippen LogP contribution in [-0.4, -0.2) is 98.1 Å². The van der Waals surface area contributed by atoms with Crippen LogP contribution in [-0.2, 0) is 86.4 Å². The Morgan fingerprint density at radius 2 is 1.03 bits per heavy atom. The van der Waals surface area contributed by atoms with Crippen molar-refractivity contribution in [2.24, 2.45) is 0 Å². The van der Waals surface area contributed by atoms with Crippen molar-refractivity contribution in [3.05, 3.63) is 119 Å². The molecule has 0 aromatic heterocycles.